The molecule has 0 fully saturated rings. The summed E-state index contributed by atoms with van der Waals surface area (Å²) >= 11 is -1.85. The molecule has 5 heteroatoms. The van der Waals surface area contributed by atoms with Crippen LogP contribution in [0.25, 0.3) is 6.08 Å². The Hall–Kier alpha value is -0.911. The number of unbranched alkanes of at least 4 members (excludes halogenated alkanes) is 3. The summed E-state index contributed by atoms with van der Waals surface area (Å²) in [6.07, 6.45) is 9.81. The first kappa shape index (κ1) is 27.1. The number of rotatable bonds is 13. The van der Waals surface area contributed by atoms with Crippen LogP contribution in [0.15, 0.2) is 35.4 Å². The van der Waals surface area contributed by atoms with Crippen molar-refractivity contribution in [2.24, 2.45) is 0 Å². The first-order valence-electron chi connectivity index (χ1n) is 10.4. The average molecular weight is 505 g/mol. The molecule has 0 aromatic heterocycles. The molecule has 0 spiro atoms. The number of alkyl halides is 2. The molecule has 0 bridgehead atoms. The second-order valence-electron chi connectivity index (χ2n) is 7.18. The topological polar surface area (TPSA) is 9.23 Å². The van der Waals surface area contributed by atoms with Crippen LogP contribution in [0.5, 0.6) is 5.75 Å². The van der Waals surface area contributed by atoms with E-state index in [4.69, 9.17) is 0 Å². The molecule has 160 valence electrons. The molecule has 28 heavy (non-hydrogen) atoms. The Kier molecular flexibility index (Phi) is 15.4. The van der Waals surface area contributed by atoms with Crippen molar-refractivity contribution in [1.82, 2.24) is 0 Å². The van der Waals surface area contributed by atoms with Crippen LogP contribution in [0.2, 0.25) is 13.3 Å². The molecule has 0 saturated heterocycles. The zero-order valence-electron chi connectivity index (χ0n) is 17.8. The van der Waals surface area contributed by atoms with Crippen LogP contribution in [-0.2, 0) is 0 Å². The summed E-state index contributed by atoms with van der Waals surface area (Å²) < 4.78 is 47.3. The molecule has 1 aromatic rings. The van der Waals surface area contributed by atoms with Gasteiger partial charge in [-0.2, -0.15) is 8.78 Å². The number of hydrogen-bond acceptors (Lipinski definition) is 1. The summed E-state index contributed by atoms with van der Waals surface area (Å²) in [6.45, 7) is 11.6. The third kappa shape index (κ3) is 11.8. The summed E-state index contributed by atoms with van der Waals surface area (Å²) in [5.41, 5.74) is 0.399. The van der Waals surface area contributed by atoms with E-state index in [2.05, 4.69) is 42.8 Å². The Morgan fingerprint density at radius 3 is 1.79 bits per heavy atom. The maximum absolute atomic E-state index is 12.7. The van der Waals surface area contributed by atoms with E-state index in [0.717, 1.165) is 6.07 Å². The third-order valence-corrected chi connectivity index (χ3v) is 18.9. The summed E-state index contributed by atoms with van der Waals surface area (Å²) in [5, 5.41) is 0. The van der Waals surface area contributed by atoms with Crippen molar-refractivity contribution in [1.29, 1.82) is 0 Å². The second-order valence-corrected chi connectivity index (χ2v) is 20.4. The maximum atomic E-state index is 12.7. The van der Waals surface area contributed by atoms with Gasteiger partial charge in [0, 0.05) is 6.07 Å². The van der Waals surface area contributed by atoms with E-state index in [0.29, 0.717) is 5.56 Å². The van der Waals surface area contributed by atoms with E-state index < -0.39 is 30.8 Å². The normalized spacial score (nSPS) is 11.0. The van der Waals surface area contributed by atoms with Crippen molar-refractivity contribution < 1.29 is 17.9 Å². The first-order valence-corrected chi connectivity index (χ1v) is 18.1. The minimum absolute atomic E-state index is 0.204. The van der Waals surface area contributed by atoms with E-state index in [-0.39, 0.29) is 5.75 Å². The summed E-state index contributed by atoms with van der Waals surface area (Å²) in [7, 11) is 0. The molecule has 0 aliphatic rings. The van der Waals surface area contributed by atoms with Gasteiger partial charge in [-0.25, -0.2) is 4.39 Å². The van der Waals surface area contributed by atoms with E-state index >= 15 is 0 Å². The van der Waals surface area contributed by atoms with Gasteiger partial charge in [0.15, 0.2) is 0 Å². The Balaban J connectivity index is 0.000000525. The van der Waals surface area contributed by atoms with Crippen molar-refractivity contribution in [3.63, 3.8) is 0 Å². The predicted octanol–water partition coefficient (Wildman–Crippen LogP) is 8.63. The molecule has 0 unspecified atom stereocenters. The fourth-order valence-corrected chi connectivity index (χ4v) is 16.1. The van der Waals surface area contributed by atoms with Gasteiger partial charge >= 0.3 is 108 Å². The van der Waals surface area contributed by atoms with Gasteiger partial charge in [0.1, 0.15) is 11.6 Å². The Labute approximate surface area is 173 Å². The number of halogens is 3. The van der Waals surface area contributed by atoms with Crippen LogP contribution in [0.1, 0.15) is 64.9 Å². The number of ether oxygens (including phenoxy) is 1. The summed E-state index contributed by atoms with van der Waals surface area (Å²) in [6, 6.07) is 3.34. The van der Waals surface area contributed by atoms with E-state index in [1.165, 1.54) is 56.7 Å². The van der Waals surface area contributed by atoms with Gasteiger partial charge in [-0.15, -0.1) is 0 Å². The molecule has 1 rings (SSSR count). The molecule has 0 N–H and O–H groups in total. The minimum atomic E-state index is -2.94. The monoisotopic (exact) mass is 506 g/mol. The molecule has 0 aliphatic carbocycles. The molecule has 0 radical (unpaired) electrons. The van der Waals surface area contributed by atoms with Crippen molar-refractivity contribution >= 4 is 24.5 Å². The van der Waals surface area contributed by atoms with Crippen LogP contribution in [0.3, 0.4) is 0 Å². The molecule has 0 atom stereocenters. The van der Waals surface area contributed by atoms with Gasteiger partial charge in [0.25, 0.3) is 0 Å². The molecule has 1 aromatic carbocycles. The quantitative estimate of drug-likeness (QED) is 0.244. The zero-order chi connectivity index (χ0) is 21.4. The summed E-state index contributed by atoms with van der Waals surface area (Å²) in [4.78, 5) is 0. The number of benzene rings is 1. The first-order chi connectivity index (χ1) is 13.4. The molecule has 0 heterocycles. The molecular weight excluding hydrogens is 468 g/mol. The van der Waals surface area contributed by atoms with Gasteiger partial charge in [0.2, 0.25) is 0 Å². The molecule has 0 saturated carbocycles. The van der Waals surface area contributed by atoms with Crippen molar-refractivity contribution in [3.05, 3.63) is 46.8 Å². The Morgan fingerprint density at radius 2 is 1.43 bits per heavy atom. The van der Waals surface area contributed by atoms with Crippen LogP contribution in [-0.4, -0.2) is 25.0 Å². The predicted molar refractivity (Wildman–Crippen MR) is 118 cm³/mol. The molecule has 0 aliphatic heterocycles. The van der Waals surface area contributed by atoms with Gasteiger partial charge in [-0.05, 0) is 17.7 Å². The fourth-order valence-electron chi connectivity index (χ4n) is 3.14. The molecule has 0 amide bonds. The van der Waals surface area contributed by atoms with E-state index in [1.807, 2.05) is 0 Å². The second kappa shape index (κ2) is 15.9. The van der Waals surface area contributed by atoms with Gasteiger partial charge in [-0.1, -0.05) is 12.7 Å². The molecular formula is C23H37F3OSn. The number of hydrogen-bond donors (Lipinski definition) is 0. The van der Waals surface area contributed by atoms with E-state index in [1.54, 1.807) is 13.3 Å². The van der Waals surface area contributed by atoms with Crippen molar-refractivity contribution in [2.75, 3.05) is 0 Å². The van der Waals surface area contributed by atoms with Crippen LogP contribution in [0.4, 0.5) is 13.2 Å². The standard InChI is InChI=1S/C9H7F3O.3C4H9.C2H3.Sn/c1-2-6-3-7(10)5-8(4-6)13-9(11)12;3*1-3-4-2;1-2;/h2-5,9H,1H2;3*1,3-4H2,2H3;1H,2H2;. The van der Waals surface area contributed by atoms with Crippen LogP contribution in [0, 0.1) is 5.82 Å². The van der Waals surface area contributed by atoms with Gasteiger partial charge < -0.3 is 4.74 Å². The molecule has 1 nitrogen and oxygen atoms in total. The van der Waals surface area contributed by atoms with Crippen LogP contribution < -0.4 is 4.74 Å². The van der Waals surface area contributed by atoms with Crippen LogP contribution >= 0.6 is 0 Å². The fraction of sp³-hybridized carbons (Fsp3) is 0.565. The van der Waals surface area contributed by atoms with Crippen molar-refractivity contribution in [2.45, 2.75) is 79.2 Å². The average Bonchev–Trinajstić information content (AvgIpc) is 2.67. The summed E-state index contributed by atoms with van der Waals surface area (Å²) in [5.74, 6) is -0.835. The van der Waals surface area contributed by atoms with Crippen molar-refractivity contribution in [3.8, 4) is 5.75 Å². The third-order valence-electron chi connectivity index (χ3n) is 4.87. The van der Waals surface area contributed by atoms with E-state index in [9.17, 15) is 13.2 Å². The van der Waals surface area contributed by atoms with Gasteiger partial charge in [-0.3, -0.25) is 0 Å². The Bertz CT molecular complexity index is 539. The SMILES string of the molecule is C=Cc1cc(F)cc(OC(F)F)c1.C=[CH][Sn]([CH2]CCC)([CH2]CCC)[CH2]CCC. The van der Waals surface area contributed by atoms with Gasteiger partial charge in [0.05, 0.1) is 0 Å². The Morgan fingerprint density at radius 1 is 0.929 bits per heavy atom. The zero-order valence-corrected chi connectivity index (χ0v) is 20.6.